The van der Waals surface area contributed by atoms with E-state index in [1.807, 2.05) is 67.6 Å². The summed E-state index contributed by atoms with van der Waals surface area (Å²) in [5.41, 5.74) is 3.65. The molecule has 0 bridgehead atoms. The Labute approximate surface area is 273 Å². The maximum atomic E-state index is 10.9. The van der Waals surface area contributed by atoms with Crippen LogP contribution in [0.5, 0.6) is 23.0 Å². The van der Waals surface area contributed by atoms with Crippen molar-refractivity contribution < 1.29 is 29.2 Å². The number of epoxide rings is 1. The number of phenols is 1. The number of rotatable bonds is 15. The molecule has 0 spiro atoms. The first-order valence-corrected chi connectivity index (χ1v) is 16.2. The van der Waals surface area contributed by atoms with Crippen molar-refractivity contribution in [2.45, 2.75) is 83.0 Å². The van der Waals surface area contributed by atoms with E-state index in [-0.39, 0.29) is 29.3 Å². The summed E-state index contributed by atoms with van der Waals surface area (Å²) in [6, 6.07) is 31.9. The van der Waals surface area contributed by atoms with Gasteiger partial charge in [0.15, 0.2) is 0 Å². The molecule has 3 unspecified atom stereocenters. The summed E-state index contributed by atoms with van der Waals surface area (Å²) in [4.78, 5) is 0. The highest BCUT2D eigenvalue weighted by molar-refractivity contribution is 5.43. The fourth-order valence-electron chi connectivity index (χ4n) is 5.73. The van der Waals surface area contributed by atoms with Crippen molar-refractivity contribution in [3.63, 3.8) is 0 Å². The van der Waals surface area contributed by atoms with Crippen LogP contribution in [-0.4, -0.2) is 47.8 Å². The molecule has 46 heavy (non-hydrogen) atoms. The molecule has 4 aromatic rings. The summed E-state index contributed by atoms with van der Waals surface area (Å²) in [5.74, 6) is 2.59. The summed E-state index contributed by atoms with van der Waals surface area (Å²) >= 11 is 0. The molecule has 3 atom stereocenters. The number of benzene rings is 4. The third-order valence-electron chi connectivity index (χ3n) is 9.38. The van der Waals surface area contributed by atoms with E-state index < -0.39 is 11.7 Å². The highest BCUT2D eigenvalue weighted by atomic mass is 16.6. The van der Waals surface area contributed by atoms with Crippen molar-refractivity contribution in [2.24, 2.45) is 0 Å². The van der Waals surface area contributed by atoms with E-state index in [9.17, 15) is 10.2 Å². The van der Waals surface area contributed by atoms with Gasteiger partial charge in [0.2, 0.25) is 0 Å². The zero-order chi connectivity index (χ0) is 33.0. The molecule has 0 aliphatic carbocycles. The largest absolute Gasteiger partial charge is 0.508 e. The quantitative estimate of drug-likeness (QED) is 0.130. The second-order valence-corrected chi connectivity index (χ2v) is 13.7. The van der Waals surface area contributed by atoms with Gasteiger partial charge in [-0.15, -0.1) is 0 Å². The maximum absolute atomic E-state index is 10.9. The van der Waals surface area contributed by atoms with Gasteiger partial charge in [0.25, 0.3) is 0 Å². The first-order chi connectivity index (χ1) is 21.9. The van der Waals surface area contributed by atoms with E-state index in [0.29, 0.717) is 18.8 Å². The first kappa shape index (κ1) is 33.4. The number of aromatic hydroxyl groups is 1. The molecular weight excluding hydrogens is 576 g/mol. The third kappa shape index (κ3) is 8.23. The molecule has 1 aliphatic rings. The minimum Gasteiger partial charge on any atom is -0.508 e. The minimum absolute atomic E-state index is 0.172. The van der Waals surface area contributed by atoms with Crippen LogP contribution < -0.4 is 14.2 Å². The van der Waals surface area contributed by atoms with Gasteiger partial charge in [-0.3, -0.25) is 0 Å². The van der Waals surface area contributed by atoms with E-state index >= 15 is 0 Å². The first-order valence-electron chi connectivity index (χ1n) is 16.2. The van der Waals surface area contributed by atoms with Crippen LogP contribution in [0.15, 0.2) is 97.1 Å². The van der Waals surface area contributed by atoms with Gasteiger partial charge in [-0.1, -0.05) is 83.1 Å². The molecule has 0 aromatic heterocycles. The molecule has 1 fully saturated rings. The summed E-state index contributed by atoms with van der Waals surface area (Å²) in [6.45, 7) is 14.4. The number of phenolic OH excluding ortho intramolecular Hbond substituents is 1. The molecule has 5 rings (SSSR count). The second-order valence-electron chi connectivity index (χ2n) is 13.7. The smallest absolute Gasteiger partial charge is 0.120 e. The van der Waals surface area contributed by atoms with Crippen molar-refractivity contribution in [2.75, 3.05) is 19.8 Å². The zero-order valence-corrected chi connectivity index (χ0v) is 28.0. The van der Waals surface area contributed by atoms with E-state index in [1.165, 1.54) is 11.1 Å². The predicted octanol–water partition coefficient (Wildman–Crippen LogP) is 8.20. The molecular formula is C40H48O6. The standard InChI is InChI=1S/C40H48O6/c1-7-40(6,24-33(42)25-43-34-18-10-29(11-19-34)38(2,3)28-8-16-32(41)17-9-28)46-36-22-14-31(15-23-36)39(4,5)30-12-20-35(21-13-30)44-26-37-27-45-37/h8-23,33,37,41-42H,7,24-27H2,1-6H3. The molecule has 1 saturated heterocycles. The van der Waals surface area contributed by atoms with Gasteiger partial charge in [0.05, 0.1) is 12.7 Å². The highest BCUT2D eigenvalue weighted by Gasteiger charge is 2.30. The van der Waals surface area contributed by atoms with Gasteiger partial charge in [0, 0.05) is 17.3 Å². The van der Waals surface area contributed by atoms with Crippen LogP contribution in [0.4, 0.5) is 0 Å². The van der Waals surface area contributed by atoms with Gasteiger partial charge in [-0.25, -0.2) is 0 Å². The van der Waals surface area contributed by atoms with Gasteiger partial charge in [0.1, 0.15) is 47.9 Å². The van der Waals surface area contributed by atoms with E-state index in [1.54, 1.807) is 12.1 Å². The second kappa shape index (κ2) is 13.8. The SMILES string of the molecule is CCC(C)(CC(O)COc1ccc(C(C)(C)c2ccc(O)cc2)cc1)Oc1ccc(C(C)(C)c2ccc(OCC3CO3)cc2)cc1. The zero-order valence-electron chi connectivity index (χ0n) is 28.0. The Kier molecular flexibility index (Phi) is 9.99. The van der Waals surface area contributed by atoms with Crippen molar-refractivity contribution in [3.8, 4) is 23.0 Å². The van der Waals surface area contributed by atoms with Gasteiger partial charge >= 0.3 is 0 Å². The number of hydrogen-bond donors (Lipinski definition) is 2. The lowest BCUT2D eigenvalue weighted by Crippen LogP contribution is -2.37. The molecule has 4 aromatic carbocycles. The van der Waals surface area contributed by atoms with E-state index in [0.717, 1.165) is 35.7 Å². The Morgan fingerprint density at radius 2 is 1.09 bits per heavy atom. The lowest BCUT2D eigenvalue weighted by molar-refractivity contribution is 0.00433. The van der Waals surface area contributed by atoms with Crippen LogP contribution in [0.2, 0.25) is 0 Å². The molecule has 6 nitrogen and oxygen atoms in total. The Morgan fingerprint density at radius 1 is 0.674 bits per heavy atom. The molecule has 244 valence electrons. The van der Waals surface area contributed by atoms with Crippen LogP contribution >= 0.6 is 0 Å². The number of aliphatic hydroxyl groups excluding tert-OH is 1. The summed E-state index contributed by atoms with van der Waals surface area (Å²) in [7, 11) is 0. The van der Waals surface area contributed by atoms with Gasteiger partial charge < -0.3 is 29.2 Å². The summed E-state index contributed by atoms with van der Waals surface area (Å²) in [6.07, 6.45) is 0.715. The van der Waals surface area contributed by atoms with Gasteiger partial charge in [-0.05, 0) is 84.1 Å². The fourth-order valence-corrected chi connectivity index (χ4v) is 5.73. The lowest BCUT2D eigenvalue weighted by Gasteiger charge is -2.32. The van der Waals surface area contributed by atoms with E-state index in [4.69, 9.17) is 18.9 Å². The number of hydrogen-bond acceptors (Lipinski definition) is 6. The molecule has 1 aliphatic heterocycles. The topological polar surface area (TPSA) is 80.7 Å². The normalized spacial score (nSPS) is 16.7. The fraction of sp³-hybridized carbons (Fsp3) is 0.400. The molecule has 2 N–H and O–H groups in total. The van der Waals surface area contributed by atoms with Crippen LogP contribution in [0.25, 0.3) is 0 Å². The lowest BCUT2D eigenvalue weighted by atomic mass is 9.78. The Hall–Kier alpha value is -4.00. The monoisotopic (exact) mass is 624 g/mol. The predicted molar refractivity (Wildman–Crippen MR) is 182 cm³/mol. The Bertz CT molecular complexity index is 1540. The van der Waals surface area contributed by atoms with Crippen molar-refractivity contribution >= 4 is 0 Å². The highest BCUT2D eigenvalue weighted by Crippen LogP contribution is 2.36. The molecule has 1 heterocycles. The maximum Gasteiger partial charge on any atom is 0.120 e. The molecule has 6 heteroatoms. The van der Waals surface area contributed by atoms with Gasteiger partial charge in [-0.2, -0.15) is 0 Å². The van der Waals surface area contributed by atoms with Crippen molar-refractivity contribution in [1.82, 2.24) is 0 Å². The summed E-state index contributed by atoms with van der Waals surface area (Å²) < 4.78 is 23.5. The summed E-state index contributed by atoms with van der Waals surface area (Å²) in [5, 5.41) is 20.6. The number of aliphatic hydroxyl groups is 1. The van der Waals surface area contributed by atoms with E-state index in [2.05, 4.69) is 58.9 Å². The Morgan fingerprint density at radius 3 is 1.52 bits per heavy atom. The number of ether oxygens (including phenoxy) is 4. The van der Waals surface area contributed by atoms with Crippen LogP contribution in [0.3, 0.4) is 0 Å². The van der Waals surface area contributed by atoms with Crippen LogP contribution in [0, 0.1) is 0 Å². The average Bonchev–Trinajstić information content (AvgIpc) is 3.88. The van der Waals surface area contributed by atoms with Crippen LogP contribution in [0.1, 0.15) is 76.6 Å². The van der Waals surface area contributed by atoms with Crippen molar-refractivity contribution in [3.05, 3.63) is 119 Å². The average molecular weight is 625 g/mol. The minimum atomic E-state index is -0.694. The third-order valence-corrected chi connectivity index (χ3v) is 9.38. The molecule has 0 amide bonds. The molecule has 0 saturated carbocycles. The Balaban J connectivity index is 1.14. The van der Waals surface area contributed by atoms with Crippen LogP contribution in [-0.2, 0) is 15.6 Å². The molecule has 0 radical (unpaired) electrons. The van der Waals surface area contributed by atoms with Crippen molar-refractivity contribution in [1.29, 1.82) is 0 Å².